The summed E-state index contributed by atoms with van der Waals surface area (Å²) in [6.45, 7) is 0.326. The van der Waals surface area contributed by atoms with Gasteiger partial charge in [-0.1, -0.05) is 0 Å². The number of carbonyl (C=O) groups excluding carboxylic acids is 1. The van der Waals surface area contributed by atoms with Crippen LogP contribution in [-0.2, 0) is 4.79 Å². The third-order valence-electron chi connectivity index (χ3n) is 2.33. The van der Waals surface area contributed by atoms with Crippen LogP contribution in [0.4, 0.5) is 11.4 Å². The zero-order valence-electron chi connectivity index (χ0n) is 10.9. The molecule has 0 heterocycles. The number of benzene rings is 1. The molecular formula is C13H11N5O3. The van der Waals surface area contributed by atoms with E-state index in [0.29, 0.717) is 12.2 Å². The molecule has 0 aliphatic heterocycles. The van der Waals surface area contributed by atoms with E-state index < -0.39 is 10.8 Å². The van der Waals surface area contributed by atoms with Crippen LogP contribution in [-0.4, -0.2) is 17.4 Å². The lowest BCUT2D eigenvalue weighted by Gasteiger charge is -2.04. The molecule has 1 amide bonds. The van der Waals surface area contributed by atoms with Crippen molar-refractivity contribution in [3.8, 4) is 12.1 Å². The average molecular weight is 285 g/mol. The predicted octanol–water partition coefficient (Wildman–Crippen LogP) is 1.44. The van der Waals surface area contributed by atoms with Gasteiger partial charge in [-0.2, -0.15) is 10.5 Å². The second-order valence-electron chi connectivity index (χ2n) is 3.79. The van der Waals surface area contributed by atoms with Gasteiger partial charge in [0.1, 0.15) is 11.6 Å². The molecule has 0 radical (unpaired) electrons. The molecule has 2 N–H and O–H groups in total. The van der Waals surface area contributed by atoms with Gasteiger partial charge in [0, 0.05) is 30.6 Å². The molecule has 0 spiro atoms. The Morgan fingerprint density at radius 3 is 2.52 bits per heavy atom. The Morgan fingerprint density at radius 1 is 1.33 bits per heavy atom. The second-order valence-corrected chi connectivity index (χ2v) is 3.79. The number of non-ortho nitro benzene ring substituents is 1. The van der Waals surface area contributed by atoms with Crippen LogP contribution in [0.15, 0.2) is 36.0 Å². The van der Waals surface area contributed by atoms with E-state index in [9.17, 15) is 14.9 Å². The lowest BCUT2D eigenvalue weighted by atomic mass is 10.2. The maximum Gasteiger partial charge on any atom is 0.269 e. The van der Waals surface area contributed by atoms with Crippen molar-refractivity contribution < 1.29 is 9.72 Å². The molecule has 0 unspecified atom stereocenters. The zero-order chi connectivity index (χ0) is 15.7. The van der Waals surface area contributed by atoms with Crippen molar-refractivity contribution in [2.24, 2.45) is 0 Å². The summed E-state index contributed by atoms with van der Waals surface area (Å²) in [4.78, 5) is 21.7. The van der Waals surface area contributed by atoms with E-state index in [1.165, 1.54) is 30.5 Å². The van der Waals surface area contributed by atoms with Crippen LogP contribution < -0.4 is 10.6 Å². The number of nitriles is 2. The number of anilines is 1. The van der Waals surface area contributed by atoms with E-state index in [1.54, 1.807) is 6.07 Å². The van der Waals surface area contributed by atoms with Crippen molar-refractivity contribution in [3.63, 3.8) is 0 Å². The molecule has 0 saturated heterocycles. The molecule has 8 nitrogen and oxygen atoms in total. The van der Waals surface area contributed by atoms with Crippen molar-refractivity contribution in [3.05, 3.63) is 46.2 Å². The molecule has 0 bridgehead atoms. The Hall–Kier alpha value is -3.39. The third kappa shape index (κ3) is 5.01. The largest absolute Gasteiger partial charge is 0.389 e. The van der Waals surface area contributed by atoms with Gasteiger partial charge in [-0.05, 0) is 12.1 Å². The van der Waals surface area contributed by atoms with Gasteiger partial charge in [0.25, 0.3) is 11.6 Å². The smallest absolute Gasteiger partial charge is 0.269 e. The number of carbonyl (C=O) groups is 1. The molecule has 0 fully saturated rings. The number of nitro benzene ring substituents is 1. The number of nitrogens with one attached hydrogen (secondary N) is 2. The number of nitro groups is 1. The Labute approximate surface area is 120 Å². The van der Waals surface area contributed by atoms with Gasteiger partial charge in [0.2, 0.25) is 0 Å². The highest BCUT2D eigenvalue weighted by atomic mass is 16.6. The van der Waals surface area contributed by atoms with E-state index in [1.807, 2.05) is 6.07 Å². The molecule has 0 atom stereocenters. The normalized spacial score (nSPS) is 10.1. The van der Waals surface area contributed by atoms with Crippen molar-refractivity contribution >= 4 is 17.3 Å². The van der Waals surface area contributed by atoms with Gasteiger partial charge < -0.3 is 10.6 Å². The molecule has 0 aromatic heterocycles. The predicted molar refractivity (Wildman–Crippen MR) is 73.7 cm³/mol. The van der Waals surface area contributed by atoms with Crippen LogP contribution >= 0.6 is 0 Å². The van der Waals surface area contributed by atoms with Gasteiger partial charge in [0.15, 0.2) is 0 Å². The summed E-state index contributed by atoms with van der Waals surface area (Å²) in [5.74, 6) is -0.643. The van der Waals surface area contributed by atoms with Crippen LogP contribution in [0.1, 0.15) is 6.42 Å². The Kier molecular flexibility index (Phi) is 5.91. The summed E-state index contributed by atoms with van der Waals surface area (Å²) in [5, 5.41) is 32.8. The molecule has 0 aliphatic rings. The van der Waals surface area contributed by atoms with Crippen LogP contribution in [0.25, 0.3) is 0 Å². The highest BCUT2D eigenvalue weighted by molar-refractivity contribution is 6.06. The Balaban J connectivity index is 2.68. The fourth-order valence-corrected chi connectivity index (χ4v) is 1.32. The number of amides is 1. The second kappa shape index (κ2) is 7.92. The van der Waals surface area contributed by atoms with E-state index in [2.05, 4.69) is 10.6 Å². The van der Waals surface area contributed by atoms with Gasteiger partial charge >= 0.3 is 0 Å². The number of hydrogen-bond acceptors (Lipinski definition) is 6. The molecule has 21 heavy (non-hydrogen) atoms. The molecule has 1 rings (SSSR count). The minimum absolute atomic E-state index is 0.0952. The fraction of sp³-hybridized carbons (Fsp3) is 0.154. The summed E-state index contributed by atoms with van der Waals surface area (Å²) in [7, 11) is 0. The SMILES string of the molecule is N#CCCN/C=C(/C#N)C(=O)Nc1ccc([N+](=O)[O-])cc1. The Morgan fingerprint density at radius 2 is 2.00 bits per heavy atom. The van der Waals surface area contributed by atoms with Gasteiger partial charge in [-0.3, -0.25) is 14.9 Å². The molecule has 0 saturated carbocycles. The van der Waals surface area contributed by atoms with Crippen molar-refractivity contribution in [2.75, 3.05) is 11.9 Å². The summed E-state index contributed by atoms with van der Waals surface area (Å²) >= 11 is 0. The quantitative estimate of drug-likeness (QED) is 0.267. The van der Waals surface area contributed by atoms with Crippen LogP contribution in [0, 0.1) is 32.8 Å². The minimum atomic E-state index is -0.643. The molecule has 106 valence electrons. The minimum Gasteiger partial charge on any atom is -0.389 e. The van der Waals surface area contributed by atoms with Crippen molar-refractivity contribution in [1.29, 1.82) is 10.5 Å². The van der Waals surface area contributed by atoms with E-state index in [-0.39, 0.29) is 17.7 Å². The molecule has 0 aliphatic carbocycles. The van der Waals surface area contributed by atoms with Crippen molar-refractivity contribution in [2.45, 2.75) is 6.42 Å². The lowest BCUT2D eigenvalue weighted by molar-refractivity contribution is -0.384. The standard InChI is InChI=1S/C13H11N5O3/c14-6-1-7-16-9-10(8-15)13(19)17-11-2-4-12(5-3-11)18(20)21/h2-5,9,16H,1,7H2,(H,17,19)/b10-9-. The monoisotopic (exact) mass is 285 g/mol. The number of nitrogens with zero attached hydrogens (tertiary/aromatic N) is 3. The first kappa shape index (κ1) is 15.7. The fourth-order valence-electron chi connectivity index (χ4n) is 1.32. The van der Waals surface area contributed by atoms with Gasteiger partial charge in [-0.15, -0.1) is 0 Å². The molecule has 8 heteroatoms. The molecule has 1 aromatic rings. The highest BCUT2D eigenvalue weighted by Crippen LogP contribution is 2.15. The average Bonchev–Trinajstić information content (AvgIpc) is 2.47. The zero-order valence-corrected chi connectivity index (χ0v) is 10.9. The third-order valence-corrected chi connectivity index (χ3v) is 2.33. The van der Waals surface area contributed by atoms with E-state index in [0.717, 1.165) is 0 Å². The summed E-state index contributed by atoms with van der Waals surface area (Å²) < 4.78 is 0. The maximum atomic E-state index is 11.8. The first-order valence-electron chi connectivity index (χ1n) is 5.85. The maximum absolute atomic E-state index is 11.8. The first-order chi connectivity index (χ1) is 10.1. The first-order valence-corrected chi connectivity index (χ1v) is 5.85. The molecule has 1 aromatic carbocycles. The van der Waals surface area contributed by atoms with Gasteiger partial charge in [-0.25, -0.2) is 0 Å². The van der Waals surface area contributed by atoms with Gasteiger partial charge in [0.05, 0.1) is 17.4 Å². The van der Waals surface area contributed by atoms with Crippen LogP contribution in [0.5, 0.6) is 0 Å². The van der Waals surface area contributed by atoms with Crippen LogP contribution in [0.3, 0.4) is 0 Å². The Bertz CT molecular complexity index is 637. The molecular weight excluding hydrogens is 274 g/mol. The number of hydrogen-bond donors (Lipinski definition) is 2. The lowest BCUT2D eigenvalue weighted by Crippen LogP contribution is -2.17. The van der Waals surface area contributed by atoms with Crippen LogP contribution in [0.2, 0.25) is 0 Å². The summed E-state index contributed by atoms with van der Waals surface area (Å²) in [6.07, 6.45) is 1.47. The highest BCUT2D eigenvalue weighted by Gasteiger charge is 2.10. The summed E-state index contributed by atoms with van der Waals surface area (Å²) in [6, 6.07) is 8.87. The summed E-state index contributed by atoms with van der Waals surface area (Å²) in [5.41, 5.74) is 0.0808. The van der Waals surface area contributed by atoms with E-state index >= 15 is 0 Å². The van der Waals surface area contributed by atoms with E-state index in [4.69, 9.17) is 10.5 Å². The van der Waals surface area contributed by atoms with Crippen molar-refractivity contribution in [1.82, 2.24) is 5.32 Å². The number of rotatable bonds is 6. The topological polar surface area (TPSA) is 132 Å².